The molecule has 1 unspecified atom stereocenters. The van der Waals surface area contributed by atoms with Gasteiger partial charge in [0.25, 0.3) is 11.7 Å². The Morgan fingerprint density at radius 3 is 2.14 bits per heavy atom. The second-order valence-corrected chi connectivity index (χ2v) is 10.4. The first-order chi connectivity index (χ1) is 17.5. The molecule has 1 saturated heterocycles. The lowest BCUT2D eigenvalue weighted by atomic mass is 9.87. The van der Waals surface area contributed by atoms with Gasteiger partial charge in [-0.1, -0.05) is 57.2 Å². The molecule has 0 bridgehead atoms. The Labute approximate surface area is 218 Å². The maximum atomic E-state index is 13.4. The zero-order valence-corrected chi connectivity index (χ0v) is 22.1. The van der Waals surface area contributed by atoms with Crippen LogP contribution in [-0.4, -0.2) is 30.0 Å². The van der Waals surface area contributed by atoms with Crippen molar-refractivity contribution in [1.29, 1.82) is 0 Å². The maximum absolute atomic E-state index is 13.4. The molecule has 0 aromatic heterocycles. The van der Waals surface area contributed by atoms with E-state index in [1.54, 1.807) is 55.6 Å². The second kappa shape index (κ2) is 10.1. The van der Waals surface area contributed by atoms with E-state index in [0.29, 0.717) is 28.3 Å². The van der Waals surface area contributed by atoms with Crippen molar-refractivity contribution < 1.29 is 24.2 Å². The quantitative estimate of drug-likeness (QED) is 0.241. The van der Waals surface area contributed by atoms with E-state index in [1.807, 2.05) is 38.1 Å². The van der Waals surface area contributed by atoms with E-state index >= 15 is 0 Å². The van der Waals surface area contributed by atoms with Gasteiger partial charge in [0.05, 0.1) is 24.8 Å². The van der Waals surface area contributed by atoms with Gasteiger partial charge in [-0.3, -0.25) is 14.5 Å². The van der Waals surface area contributed by atoms with Crippen LogP contribution in [0, 0.1) is 0 Å². The van der Waals surface area contributed by atoms with Crippen molar-refractivity contribution in [2.75, 3.05) is 12.0 Å². The highest BCUT2D eigenvalue weighted by Gasteiger charge is 2.47. The molecule has 1 aliphatic heterocycles. The first kappa shape index (κ1) is 26.0. The molecule has 1 N–H and O–H groups in total. The number of nitrogens with zero attached hydrogens (tertiary/aromatic N) is 1. The predicted molar refractivity (Wildman–Crippen MR) is 145 cm³/mol. The Kier molecular flexibility index (Phi) is 7.12. The van der Waals surface area contributed by atoms with Crippen LogP contribution in [0.5, 0.6) is 11.5 Å². The van der Waals surface area contributed by atoms with E-state index in [9.17, 15) is 14.7 Å². The Hall–Kier alpha value is -4.06. The molecule has 37 heavy (non-hydrogen) atoms. The largest absolute Gasteiger partial charge is 0.507 e. The number of amides is 1. The number of methoxy groups -OCH3 is 1. The number of rotatable bonds is 6. The van der Waals surface area contributed by atoms with Crippen LogP contribution >= 0.6 is 0 Å². The molecule has 3 aromatic rings. The summed E-state index contributed by atoms with van der Waals surface area (Å²) in [6.07, 6.45) is -0.0571. The third-order valence-corrected chi connectivity index (χ3v) is 6.37. The zero-order chi connectivity index (χ0) is 26.9. The fourth-order valence-corrected chi connectivity index (χ4v) is 4.47. The van der Waals surface area contributed by atoms with Gasteiger partial charge in [-0.05, 0) is 66.8 Å². The SMILES string of the molecule is COc1ccc(C2/C(=C(\O)c3cccc(OC(C)C)c3)C(=O)C(=O)N2c2ccc(C(C)(C)C)cc2)cc1. The average Bonchev–Trinajstić information content (AvgIpc) is 3.13. The van der Waals surface area contributed by atoms with Gasteiger partial charge in [0, 0.05) is 11.3 Å². The maximum Gasteiger partial charge on any atom is 0.300 e. The molecule has 4 rings (SSSR count). The lowest BCUT2D eigenvalue weighted by molar-refractivity contribution is -0.132. The Balaban J connectivity index is 1.88. The standard InChI is InChI=1S/C31H33NO5/c1-19(2)37-25-9-7-8-21(18-25)28(33)26-27(20-10-16-24(36-6)17-11-20)32(30(35)29(26)34)23-14-12-22(13-15-23)31(3,4)5/h7-19,27,33H,1-6H3/b28-26+. The van der Waals surface area contributed by atoms with E-state index in [0.717, 1.165) is 5.56 Å². The molecule has 3 aromatic carbocycles. The van der Waals surface area contributed by atoms with Gasteiger partial charge in [0.15, 0.2) is 0 Å². The average molecular weight is 500 g/mol. The van der Waals surface area contributed by atoms with E-state index in [4.69, 9.17) is 9.47 Å². The fraction of sp³-hybridized carbons (Fsp3) is 0.290. The highest BCUT2D eigenvalue weighted by molar-refractivity contribution is 6.51. The summed E-state index contributed by atoms with van der Waals surface area (Å²) in [6, 6.07) is 20.9. The van der Waals surface area contributed by atoms with E-state index in [2.05, 4.69) is 20.8 Å². The van der Waals surface area contributed by atoms with Crippen molar-refractivity contribution in [2.45, 2.75) is 52.2 Å². The fourth-order valence-electron chi connectivity index (χ4n) is 4.47. The summed E-state index contributed by atoms with van der Waals surface area (Å²) in [6.45, 7) is 10.2. The number of aliphatic hydroxyl groups excluding tert-OH is 1. The van der Waals surface area contributed by atoms with Crippen molar-refractivity contribution in [1.82, 2.24) is 0 Å². The number of ketones is 1. The highest BCUT2D eigenvalue weighted by atomic mass is 16.5. The van der Waals surface area contributed by atoms with Crippen molar-refractivity contribution in [2.24, 2.45) is 0 Å². The molecular formula is C31H33NO5. The molecule has 1 amide bonds. The molecule has 0 aliphatic carbocycles. The number of aliphatic hydroxyl groups is 1. The summed E-state index contributed by atoms with van der Waals surface area (Å²) < 4.78 is 11.1. The summed E-state index contributed by atoms with van der Waals surface area (Å²) in [5, 5.41) is 11.4. The van der Waals surface area contributed by atoms with Crippen molar-refractivity contribution >= 4 is 23.1 Å². The summed E-state index contributed by atoms with van der Waals surface area (Å²) >= 11 is 0. The zero-order valence-electron chi connectivity index (χ0n) is 22.1. The summed E-state index contributed by atoms with van der Waals surface area (Å²) in [5.41, 5.74) is 2.72. The van der Waals surface area contributed by atoms with E-state index in [1.165, 1.54) is 4.90 Å². The third-order valence-electron chi connectivity index (χ3n) is 6.37. The Morgan fingerprint density at radius 2 is 1.57 bits per heavy atom. The molecule has 1 atom stereocenters. The van der Waals surface area contributed by atoms with E-state index in [-0.39, 0.29) is 22.9 Å². The van der Waals surface area contributed by atoms with Crippen LogP contribution < -0.4 is 14.4 Å². The molecular weight excluding hydrogens is 466 g/mol. The predicted octanol–water partition coefficient (Wildman–Crippen LogP) is 6.41. The lowest BCUT2D eigenvalue weighted by Gasteiger charge is -2.27. The molecule has 6 heteroatoms. The van der Waals surface area contributed by atoms with Gasteiger partial charge < -0.3 is 14.6 Å². The number of ether oxygens (including phenoxy) is 2. The van der Waals surface area contributed by atoms with Gasteiger partial charge >= 0.3 is 0 Å². The Morgan fingerprint density at radius 1 is 0.919 bits per heavy atom. The minimum absolute atomic E-state index is 0.0248. The summed E-state index contributed by atoms with van der Waals surface area (Å²) in [7, 11) is 1.57. The van der Waals surface area contributed by atoms with Crippen LogP contribution in [0.15, 0.2) is 78.4 Å². The highest BCUT2D eigenvalue weighted by Crippen LogP contribution is 2.43. The number of hydrogen-bond acceptors (Lipinski definition) is 5. The summed E-state index contributed by atoms with van der Waals surface area (Å²) in [4.78, 5) is 28.3. The van der Waals surface area contributed by atoms with Crippen LogP contribution in [0.1, 0.15) is 57.4 Å². The number of hydrogen-bond donors (Lipinski definition) is 1. The molecule has 1 heterocycles. The molecule has 192 valence electrons. The molecule has 0 radical (unpaired) electrons. The van der Waals surface area contributed by atoms with Gasteiger partial charge in [0.1, 0.15) is 17.3 Å². The first-order valence-electron chi connectivity index (χ1n) is 12.3. The molecule has 0 saturated carbocycles. The second-order valence-electron chi connectivity index (χ2n) is 10.4. The molecule has 1 fully saturated rings. The van der Waals surface area contributed by atoms with Gasteiger partial charge in [0.2, 0.25) is 0 Å². The van der Waals surface area contributed by atoms with Crippen molar-refractivity contribution in [3.63, 3.8) is 0 Å². The molecule has 1 aliphatic rings. The van der Waals surface area contributed by atoms with Gasteiger partial charge in [-0.25, -0.2) is 0 Å². The topological polar surface area (TPSA) is 76.1 Å². The minimum atomic E-state index is -0.818. The van der Waals surface area contributed by atoms with Crippen LogP contribution in [0.4, 0.5) is 5.69 Å². The van der Waals surface area contributed by atoms with Gasteiger partial charge in [-0.2, -0.15) is 0 Å². The number of carbonyl (C=O) groups excluding carboxylic acids is 2. The normalized spacial score (nSPS) is 17.4. The molecule has 0 spiro atoms. The Bertz CT molecular complexity index is 1330. The monoisotopic (exact) mass is 499 g/mol. The molecule has 6 nitrogen and oxygen atoms in total. The van der Waals surface area contributed by atoms with Crippen molar-refractivity contribution in [3.8, 4) is 11.5 Å². The van der Waals surface area contributed by atoms with Crippen LogP contribution in [0.3, 0.4) is 0 Å². The number of Topliss-reactive ketones (excluding diaryl/α,β-unsaturated/α-hetero) is 1. The van der Waals surface area contributed by atoms with E-state index < -0.39 is 17.7 Å². The van der Waals surface area contributed by atoms with Crippen LogP contribution in [0.25, 0.3) is 5.76 Å². The smallest absolute Gasteiger partial charge is 0.300 e. The lowest BCUT2D eigenvalue weighted by Crippen LogP contribution is -2.29. The number of carbonyl (C=O) groups is 2. The third kappa shape index (κ3) is 5.24. The minimum Gasteiger partial charge on any atom is -0.507 e. The summed E-state index contributed by atoms with van der Waals surface area (Å²) in [5.74, 6) is -0.475. The van der Waals surface area contributed by atoms with Gasteiger partial charge in [-0.15, -0.1) is 0 Å². The van der Waals surface area contributed by atoms with Crippen molar-refractivity contribution in [3.05, 3.63) is 95.1 Å². The number of benzene rings is 3. The number of anilines is 1. The first-order valence-corrected chi connectivity index (χ1v) is 12.3. The van der Waals surface area contributed by atoms with Crippen LogP contribution in [0.2, 0.25) is 0 Å². The van der Waals surface area contributed by atoms with Crippen LogP contribution in [-0.2, 0) is 15.0 Å².